The molecule has 6 nitrogen and oxygen atoms in total. The molecule has 0 fully saturated rings. The Balaban J connectivity index is 2.77. The number of aliphatic hydroxyl groups excluding tert-OH is 1. The van der Waals surface area contributed by atoms with Gasteiger partial charge in [-0.15, -0.1) is 0 Å². The summed E-state index contributed by atoms with van der Waals surface area (Å²) in [5.74, 6) is -1.49. The predicted octanol–water partition coefficient (Wildman–Crippen LogP) is 1.36. The van der Waals surface area contributed by atoms with Gasteiger partial charge in [0.2, 0.25) is 5.78 Å². The highest BCUT2D eigenvalue weighted by Crippen LogP contribution is 2.40. The first-order valence-electron chi connectivity index (χ1n) is 5.89. The summed E-state index contributed by atoms with van der Waals surface area (Å²) in [6.45, 7) is 1.43. The molecule has 0 saturated heterocycles. The first-order valence-corrected chi connectivity index (χ1v) is 5.89. The molecule has 1 aromatic rings. The number of ether oxygens (including phenoxy) is 2. The van der Waals surface area contributed by atoms with Crippen molar-refractivity contribution >= 4 is 11.6 Å². The van der Waals surface area contributed by atoms with Gasteiger partial charge in [0.05, 0.1) is 31.5 Å². The SMILES string of the molecule is COC1=CC(=O)c2c(cc(OC)c([C@@H](C)O)c2O)C1=O. The molecule has 0 saturated carbocycles. The summed E-state index contributed by atoms with van der Waals surface area (Å²) >= 11 is 0. The maximum atomic E-state index is 12.1. The Kier molecular flexibility index (Phi) is 3.50. The van der Waals surface area contributed by atoms with Crippen LogP contribution < -0.4 is 4.74 Å². The monoisotopic (exact) mass is 278 g/mol. The number of rotatable bonds is 3. The molecule has 0 bridgehead atoms. The van der Waals surface area contributed by atoms with Crippen LogP contribution in [0.15, 0.2) is 17.9 Å². The zero-order chi connectivity index (χ0) is 15.0. The number of ketones is 2. The zero-order valence-corrected chi connectivity index (χ0v) is 11.3. The molecule has 1 aliphatic carbocycles. The van der Waals surface area contributed by atoms with Crippen molar-refractivity contribution in [1.29, 1.82) is 0 Å². The number of allylic oxidation sites excluding steroid dienone is 2. The van der Waals surface area contributed by atoms with E-state index in [1.807, 2.05) is 0 Å². The summed E-state index contributed by atoms with van der Waals surface area (Å²) in [6, 6.07) is 1.32. The highest BCUT2D eigenvalue weighted by Gasteiger charge is 2.33. The number of carbonyl (C=O) groups excluding carboxylic acids is 2. The number of hydrogen-bond acceptors (Lipinski definition) is 6. The lowest BCUT2D eigenvalue weighted by molar-refractivity contribution is 0.0913. The van der Waals surface area contributed by atoms with Gasteiger partial charge in [-0.05, 0) is 13.0 Å². The summed E-state index contributed by atoms with van der Waals surface area (Å²) in [6.07, 6.45) is -0.0335. The van der Waals surface area contributed by atoms with Crippen LogP contribution in [0.5, 0.6) is 11.5 Å². The number of hydrogen-bond donors (Lipinski definition) is 2. The van der Waals surface area contributed by atoms with Gasteiger partial charge in [-0.1, -0.05) is 0 Å². The van der Waals surface area contributed by atoms with E-state index in [0.29, 0.717) is 0 Å². The molecular formula is C14H14O6. The fourth-order valence-corrected chi connectivity index (χ4v) is 2.20. The van der Waals surface area contributed by atoms with Crippen LogP contribution in [-0.2, 0) is 4.74 Å². The summed E-state index contributed by atoms with van der Waals surface area (Å²) in [5.41, 5.74) is -0.0812. The van der Waals surface area contributed by atoms with Crippen molar-refractivity contribution in [2.24, 2.45) is 0 Å². The molecule has 0 aliphatic heterocycles. The second-order valence-corrected chi connectivity index (χ2v) is 4.35. The fraction of sp³-hybridized carbons (Fsp3) is 0.286. The van der Waals surface area contributed by atoms with Gasteiger partial charge >= 0.3 is 0 Å². The van der Waals surface area contributed by atoms with Gasteiger partial charge in [0.1, 0.15) is 11.5 Å². The number of Topliss-reactive ketones (excluding diaryl/α,β-unsaturated/α-hetero) is 1. The van der Waals surface area contributed by atoms with Crippen molar-refractivity contribution in [2.75, 3.05) is 14.2 Å². The molecular weight excluding hydrogens is 264 g/mol. The van der Waals surface area contributed by atoms with Crippen molar-refractivity contribution < 1.29 is 29.3 Å². The third-order valence-electron chi connectivity index (χ3n) is 3.14. The van der Waals surface area contributed by atoms with E-state index in [1.54, 1.807) is 0 Å². The minimum atomic E-state index is -1.05. The number of phenols is 1. The second-order valence-electron chi connectivity index (χ2n) is 4.35. The number of carbonyl (C=O) groups is 2. The van der Waals surface area contributed by atoms with Gasteiger partial charge in [0, 0.05) is 11.6 Å². The Hall–Kier alpha value is -2.34. The number of aliphatic hydroxyl groups is 1. The molecule has 0 radical (unpaired) electrons. The van der Waals surface area contributed by atoms with Gasteiger partial charge < -0.3 is 19.7 Å². The zero-order valence-electron chi connectivity index (χ0n) is 11.3. The number of aromatic hydroxyl groups is 1. The summed E-state index contributed by atoms with van der Waals surface area (Å²) in [7, 11) is 2.62. The van der Waals surface area contributed by atoms with Crippen LogP contribution in [0.4, 0.5) is 0 Å². The van der Waals surface area contributed by atoms with Crippen molar-refractivity contribution in [3.05, 3.63) is 34.6 Å². The van der Waals surface area contributed by atoms with E-state index in [0.717, 1.165) is 6.08 Å². The van der Waals surface area contributed by atoms with E-state index in [2.05, 4.69) is 0 Å². The summed E-state index contributed by atoms with van der Waals surface area (Å²) in [4.78, 5) is 24.1. The van der Waals surface area contributed by atoms with E-state index in [4.69, 9.17) is 9.47 Å². The Bertz CT molecular complexity index is 627. The normalized spacial score (nSPS) is 15.5. The highest BCUT2D eigenvalue weighted by molar-refractivity contribution is 6.25. The molecule has 0 spiro atoms. The van der Waals surface area contributed by atoms with E-state index in [1.165, 1.54) is 27.2 Å². The lowest BCUT2D eigenvalue weighted by Crippen LogP contribution is -2.19. The quantitative estimate of drug-likeness (QED) is 0.867. The van der Waals surface area contributed by atoms with Crippen molar-refractivity contribution in [1.82, 2.24) is 0 Å². The molecule has 2 rings (SSSR count). The van der Waals surface area contributed by atoms with Crippen molar-refractivity contribution in [3.8, 4) is 11.5 Å². The molecule has 1 atom stereocenters. The molecule has 20 heavy (non-hydrogen) atoms. The summed E-state index contributed by atoms with van der Waals surface area (Å²) < 4.78 is 9.90. The average molecular weight is 278 g/mol. The maximum absolute atomic E-state index is 12.1. The second kappa shape index (κ2) is 4.97. The Morgan fingerprint density at radius 3 is 2.35 bits per heavy atom. The van der Waals surface area contributed by atoms with Gasteiger partial charge in [0.25, 0.3) is 0 Å². The minimum absolute atomic E-state index is 0.00639. The van der Waals surface area contributed by atoms with E-state index < -0.39 is 23.4 Å². The van der Waals surface area contributed by atoms with Crippen LogP contribution >= 0.6 is 0 Å². The minimum Gasteiger partial charge on any atom is -0.507 e. The standard InChI is InChI=1S/C14H14O6/c1-6(15)11-9(19-2)4-7-12(14(11)18)8(16)5-10(20-3)13(7)17/h4-6,15,18H,1-3H3/t6-/m1/s1. The molecule has 1 aliphatic rings. The van der Waals surface area contributed by atoms with Gasteiger partial charge in [0.15, 0.2) is 11.5 Å². The molecule has 2 N–H and O–H groups in total. The largest absolute Gasteiger partial charge is 0.507 e. The number of methoxy groups -OCH3 is 2. The molecule has 0 unspecified atom stereocenters. The fourth-order valence-electron chi connectivity index (χ4n) is 2.20. The highest BCUT2D eigenvalue weighted by atomic mass is 16.5. The molecule has 6 heteroatoms. The van der Waals surface area contributed by atoms with Gasteiger partial charge in [-0.25, -0.2) is 0 Å². The summed E-state index contributed by atoms with van der Waals surface area (Å²) in [5, 5.41) is 19.9. The third kappa shape index (κ3) is 1.94. The van der Waals surface area contributed by atoms with Gasteiger partial charge in [-0.3, -0.25) is 9.59 Å². The topological polar surface area (TPSA) is 93.1 Å². The average Bonchev–Trinajstić information content (AvgIpc) is 2.41. The van der Waals surface area contributed by atoms with E-state index in [9.17, 15) is 19.8 Å². The Labute approximate surface area is 115 Å². The lowest BCUT2D eigenvalue weighted by Gasteiger charge is -2.20. The number of phenolic OH excluding ortho intramolecular Hbond substituents is 1. The van der Waals surface area contributed by atoms with Crippen LogP contribution in [0.1, 0.15) is 39.3 Å². The van der Waals surface area contributed by atoms with Crippen LogP contribution in [0, 0.1) is 0 Å². The van der Waals surface area contributed by atoms with Crippen LogP contribution in [-0.4, -0.2) is 36.0 Å². The first kappa shape index (κ1) is 14.1. The van der Waals surface area contributed by atoms with Crippen LogP contribution in [0.3, 0.4) is 0 Å². The van der Waals surface area contributed by atoms with E-state index in [-0.39, 0.29) is 28.2 Å². The van der Waals surface area contributed by atoms with Gasteiger partial charge in [-0.2, -0.15) is 0 Å². The maximum Gasteiger partial charge on any atom is 0.228 e. The van der Waals surface area contributed by atoms with Crippen LogP contribution in [0.25, 0.3) is 0 Å². The smallest absolute Gasteiger partial charge is 0.228 e. The molecule has 0 aromatic heterocycles. The lowest BCUT2D eigenvalue weighted by atomic mass is 9.89. The van der Waals surface area contributed by atoms with Crippen LogP contribution in [0.2, 0.25) is 0 Å². The Morgan fingerprint density at radius 1 is 1.20 bits per heavy atom. The third-order valence-corrected chi connectivity index (χ3v) is 3.14. The first-order chi connectivity index (χ1) is 9.42. The molecule has 1 aromatic carbocycles. The van der Waals surface area contributed by atoms with E-state index >= 15 is 0 Å². The Morgan fingerprint density at radius 2 is 1.85 bits per heavy atom. The molecule has 106 valence electrons. The molecule has 0 amide bonds. The molecule has 0 heterocycles. The van der Waals surface area contributed by atoms with Crippen molar-refractivity contribution in [2.45, 2.75) is 13.0 Å². The van der Waals surface area contributed by atoms with Crippen molar-refractivity contribution in [3.63, 3.8) is 0 Å². The number of benzene rings is 1. The predicted molar refractivity (Wildman–Crippen MR) is 69.0 cm³/mol. The number of fused-ring (bicyclic) bond motifs is 1.